The predicted molar refractivity (Wildman–Crippen MR) is 89.1 cm³/mol. The van der Waals surface area contributed by atoms with Crippen LogP contribution in [0.2, 0.25) is 0 Å². The van der Waals surface area contributed by atoms with E-state index in [1.807, 2.05) is 25.2 Å². The Morgan fingerprint density at radius 3 is 2.88 bits per heavy atom. The zero-order chi connectivity index (χ0) is 17.4. The highest BCUT2D eigenvalue weighted by atomic mass is 16.5. The van der Waals surface area contributed by atoms with Gasteiger partial charge < -0.3 is 18.7 Å². The van der Waals surface area contributed by atoms with Crippen LogP contribution in [0, 0.1) is 6.92 Å². The molecular formula is C17H23N5O3. The lowest BCUT2D eigenvalue weighted by molar-refractivity contribution is 0.0178. The summed E-state index contributed by atoms with van der Waals surface area (Å²) in [6.45, 7) is 6.45. The maximum absolute atomic E-state index is 13.0. The van der Waals surface area contributed by atoms with E-state index in [4.69, 9.17) is 9.26 Å². The number of nitrogens with zero attached hydrogens (tertiary/aromatic N) is 5. The Kier molecular flexibility index (Phi) is 4.30. The molecule has 4 rings (SSSR count). The van der Waals surface area contributed by atoms with Gasteiger partial charge >= 0.3 is 0 Å². The van der Waals surface area contributed by atoms with Crippen LogP contribution >= 0.6 is 0 Å². The van der Waals surface area contributed by atoms with Crippen molar-refractivity contribution in [2.24, 2.45) is 7.05 Å². The molecule has 0 bridgehead atoms. The molecule has 2 aliphatic heterocycles. The summed E-state index contributed by atoms with van der Waals surface area (Å²) in [5.41, 5.74) is 2.88. The molecule has 0 unspecified atom stereocenters. The summed E-state index contributed by atoms with van der Waals surface area (Å²) < 4.78 is 12.7. The summed E-state index contributed by atoms with van der Waals surface area (Å²) >= 11 is 0. The van der Waals surface area contributed by atoms with Crippen molar-refractivity contribution >= 4 is 5.91 Å². The molecule has 4 heterocycles. The van der Waals surface area contributed by atoms with Gasteiger partial charge in [-0.15, -0.1) is 0 Å². The van der Waals surface area contributed by atoms with Crippen molar-refractivity contribution in [1.29, 1.82) is 0 Å². The number of hydrogen-bond acceptors (Lipinski definition) is 6. The molecule has 1 amide bonds. The van der Waals surface area contributed by atoms with Crippen molar-refractivity contribution in [2.75, 3.05) is 32.8 Å². The van der Waals surface area contributed by atoms with Crippen LogP contribution in [0.5, 0.6) is 0 Å². The number of aromatic nitrogens is 3. The van der Waals surface area contributed by atoms with Crippen molar-refractivity contribution < 1.29 is 14.1 Å². The van der Waals surface area contributed by atoms with Crippen molar-refractivity contribution in [3.05, 3.63) is 35.2 Å². The minimum atomic E-state index is -0.116. The summed E-state index contributed by atoms with van der Waals surface area (Å²) in [7, 11) is 2.01. The van der Waals surface area contributed by atoms with E-state index >= 15 is 0 Å². The smallest absolute Gasteiger partial charge is 0.293 e. The van der Waals surface area contributed by atoms with Crippen LogP contribution in [0.3, 0.4) is 0 Å². The highest BCUT2D eigenvalue weighted by Gasteiger charge is 2.35. The Hall–Kier alpha value is -2.19. The molecule has 0 aliphatic carbocycles. The largest absolute Gasteiger partial charge is 0.379 e. The third kappa shape index (κ3) is 3.19. The molecule has 25 heavy (non-hydrogen) atoms. The number of amides is 1. The lowest BCUT2D eigenvalue weighted by Crippen LogP contribution is -2.52. The van der Waals surface area contributed by atoms with Gasteiger partial charge in [0.25, 0.3) is 5.91 Å². The van der Waals surface area contributed by atoms with Gasteiger partial charge in [0.15, 0.2) is 0 Å². The van der Waals surface area contributed by atoms with E-state index in [0.29, 0.717) is 18.0 Å². The first kappa shape index (κ1) is 16.3. The first-order valence-electron chi connectivity index (χ1n) is 8.65. The van der Waals surface area contributed by atoms with Gasteiger partial charge in [-0.05, 0) is 6.92 Å². The van der Waals surface area contributed by atoms with E-state index < -0.39 is 0 Å². The van der Waals surface area contributed by atoms with Gasteiger partial charge in [-0.3, -0.25) is 9.69 Å². The molecule has 0 saturated carbocycles. The third-order valence-corrected chi connectivity index (χ3v) is 5.01. The van der Waals surface area contributed by atoms with Gasteiger partial charge in [0.1, 0.15) is 0 Å². The molecule has 0 spiro atoms. The molecule has 0 N–H and O–H groups in total. The van der Waals surface area contributed by atoms with E-state index in [9.17, 15) is 4.79 Å². The van der Waals surface area contributed by atoms with Crippen LogP contribution in [-0.2, 0) is 24.8 Å². The number of aryl methyl sites for hydroxylation is 2. The molecule has 134 valence electrons. The number of imidazole rings is 1. The average Bonchev–Trinajstić information content (AvgIpc) is 3.21. The van der Waals surface area contributed by atoms with Gasteiger partial charge in [-0.25, -0.2) is 4.98 Å². The normalized spacial score (nSPS) is 21.4. The summed E-state index contributed by atoms with van der Waals surface area (Å²) in [4.78, 5) is 21.7. The quantitative estimate of drug-likeness (QED) is 0.811. The zero-order valence-corrected chi connectivity index (χ0v) is 14.6. The second-order valence-corrected chi connectivity index (χ2v) is 6.79. The van der Waals surface area contributed by atoms with E-state index in [-0.39, 0.29) is 11.9 Å². The molecule has 1 saturated heterocycles. The molecule has 1 fully saturated rings. The van der Waals surface area contributed by atoms with Gasteiger partial charge in [-0.2, -0.15) is 0 Å². The van der Waals surface area contributed by atoms with Crippen molar-refractivity contribution in [1.82, 2.24) is 24.5 Å². The fraction of sp³-hybridized carbons (Fsp3) is 0.588. The third-order valence-electron chi connectivity index (χ3n) is 5.01. The maximum atomic E-state index is 13.0. The van der Waals surface area contributed by atoms with Gasteiger partial charge in [0, 0.05) is 44.9 Å². The van der Waals surface area contributed by atoms with Crippen LogP contribution in [0.1, 0.15) is 27.6 Å². The van der Waals surface area contributed by atoms with Gasteiger partial charge in [0.05, 0.1) is 43.5 Å². The summed E-state index contributed by atoms with van der Waals surface area (Å²) in [6, 6.07) is 1.78. The Morgan fingerprint density at radius 1 is 1.36 bits per heavy atom. The lowest BCUT2D eigenvalue weighted by atomic mass is 10.0. The number of ether oxygens (including phenoxy) is 1. The fourth-order valence-electron chi connectivity index (χ4n) is 3.61. The fourth-order valence-corrected chi connectivity index (χ4v) is 3.61. The number of hydrogen-bond donors (Lipinski definition) is 0. The van der Waals surface area contributed by atoms with Crippen LogP contribution in [0.25, 0.3) is 0 Å². The van der Waals surface area contributed by atoms with E-state index in [1.54, 1.807) is 6.07 Å². The Balaban J connectivity index is 1.59. The van der Waals surface area contributed by atoms with Crippen LogP contribution in [0.4, 0.5) is 0 Å². The molecule has 8 heteroatoms. The Labute approximate surface area is 146 Å². The maximum Gasteiger partial charge on any atom is 0.293 e. The minimum absolute atomic E-state index is 0.0823. The lowest BCUT2D eigenvalue weighted by Gasteiger charge is -2.39. The number of morpholine rings is 1. The second kappa shape index (κ2) is 6.61. The summed E-state index contributed by atoms with van der Waals surface area (Å²) in [6.07, 6.45) is 2.62. The molecular weight excluding hydrogens is 322 g/mol. The minimum Gasteiger partial charge on any atom is -0.379 e. The number of carbonyl (C=O) groups excluding carboxylic acids is 1. The van der Waals surface area contributed by atoms with Crippen molar-refractivity contribution in [3.8, 4) is 0 Å². The van der Waals surface area contributed by atoms with E-state index in [1.165, 1.54) is 5.69 Å². The zero-order valence-electron chi connectivity index (χ0n) is 14.6. The molecule has 8 nitrogen and oxygen atoms in total. The topological polar surface area (TPSA) is 76.6 Å². The standard InChI is InChI=1S/C17H23N5O3/c1-12-7-16(25-19-12)17(23)22-10-14-15(20(2)11-18-14)8-13(22)9-21-3-5-24-6-4-21/h7,11,13H,3-6,8-10H2,1-2H3/t13-/m1/s1. The number of fused-ring (bicyclic) bond motifs is 1. The predicted octanol–water partition coefficient (Wildman–Crippen LogP) is 0.616. The summed E-state index contributed by atoms with van der Waals surface area (Å²) in [5.74, 6) is 0.180. The first-order chi connectivity index (χ1) is 12.1. The summed E-state index contributed by atoms with van der Waals surface area (Å²) in [5, 5.41) is 3.85. The number of carbonyl (C=O) groups is 1. The molecule has 2 aromatic heterocycles. The van der Waals surface area contributed by atoms with Gasteiger partial charge in [0.2, 0.25) is 5.76 Å². The van der Waals surface area contributed by atoms with E-state index in [2.05, 4.69) is 19.6 Å². The monoisotopic (exact) mass is 345 g/mol. The molecule has 0 aromatic carbocycles. The molecule has 2 aliphatic rings. The molecule has 2 aromatic rings. The highest BCUT2D eigenvalue weighted by molar-refractivity contribution is 5.91. The van der Waals surface area contributed by atoms with E-state index in [0.717, 1.165) is 45.0 Å². The van der Waals surface area contributed by atoms with Crippen LogP contribution < -0.4 is 0 Å². The van der Waals surface area contributed by atoms with Crippen LogP contribution in [0.15, 0.2) is 16.9 Å². The number of rotatable bonds is 3. The SMILES string of the molecule is Cc1cc(C(=O)N2Cc3ncn(C)c3C[C@@H]2CN2CCOCC2)on1. The van der Waals surface area contributed by atoms with Crippen molar-refractivity contribution in [3.63, 3.8) is 0 Å². The molecule has 1 atom stereocenters. The first-order valence-corrected chi connectivity index (χ1v) is 8.65. The van der Waals surface area contributed by atoms with Crippen LogP contribution in [-0.4, -0.2) is 69.3 Å². The Bertz CT molecular complexity index is 762. The highest BCUT2D eigenvalue weighted by Crippen LogP contribution is 2.25. The average molecular weight is 345 g/mol. The second-order valence-electron chi connectivity index (χ2n) is 6.79. The molecule has 0 radical (unpaired) electrons. The Morgan fingerprint density at radius 2 is 2.16 bits per heavy atom. The van der Waals surface area contributed by atoms with Gasteiger partial charge in [-0.1, -0.05) is 5.16 Å². The van der Waals surface area contributed by atoms with Crippen molar-refractivity contribution in [2.45, 2.75) is 25.9 Å².